The predicted molar refractivity (Wildman–Crippen MR) is 101 cm³/mol. The number of sulfonamides is 1. The van der Waals surface area contributed by atoms with Crippen LogP contribution in [0.1, 0.15) is 18.9 Å². The second-order valence-electron chi connectivity index (χ2n) is 6.44. The van der Waals surface area contributed by atoms with E-state index in [2.05, 4.69) is 0 Å². The van der Waals surface area contributed by atoms with Crippen LogP contribution >= 0.6 is 0 Å². The molecule has 2 aromatic rings. The van der Waals surface area contributed by atoms with Gasteiger partial charge >= 0.3 is 5.97 Å². The van der Waals surface area contributed by atoms with E-state index in [-0.39, 0.29) is 23.6 Å². The highest BCUT2D eigenvalue weighted by molar-refractivity contribution is 7.89. The van der Waals surface area contributed by atoms with Gasteiger partial charge in [0.2, 0.25) is 5.91 Å². The lowest BCUT2D eigenvalue weighted by Gasteiger charge is -2.43. The fourth-order valence-electron chi connectivity index (χ4n) is 3.11. The average Bonchev–Trinajstić information content (AvgIpc) is 2.71. The molecule has 1 aliphatic rings. The molecule has 0 radical (unpaired) electrons. The summed E-state index contributed by atoms with van der Waals surface area (Å²) in [6.07, 6.45) is 0.274. The molecule has 0 saturated carbocycles. The quantitative estimate of drug-likeness (QED) is 0.292. The average molecular weight is 418 g/mol. The molecule has 0 bridgehead atoms. The summed E-state index contributed by atoms with van der Waals surface area (Å²) >= 11 is 0. The Kier molecular flexibility index (Phi) is 5.64. The highest BCUT2D eigenvalue weighted by atomic mass is 32.2. The first-order valence-electron chi connectivity index (χ1n) is 8.80. The van der Waals surface area contributed by atoms with E-state index in [0.29, 0.717) is 4.31 Å². The molecule has 0 spiro atoms. The summed E-state index contributed by atoms with van der Waals surface area (Å²) in [4.78, 5) is 34.8. The lowest BCUT2D eigenvalue weighted by atomic mass is 9.88. The number of rotatable bonds is 7. The van der Waals surface area contributed by atoms with E-state index in [1.807, 2.05) is 6.07 Å². The van der Waals surface area contributed by atoms with E-state index in [4.69, 9.17) is 4.74 Å². The fraction of sp³-hybridized carbons (Fsp3) is 0.263. The molecular weight excluding hydrogens is 400 g/mol. The van der Waals surface area contributed by atoms with Crippen molar-refractivity contribution >= 4 is 27.6 Å². The van der Waals surface area contributed by atoms with Crippen molar-refractivity contribution in [2.24, 2.45) is 5.92 Å². The molecule has 9 nitrogen and oxygen atoms in total. The monoisotopic (exact) mass is 418 g/mol. The fourth-order valence-corrected chi connectivity index (χ4v) is 4.72. The Morgan fingerprint density at radius 1 is 1.14 bits per heavy atom. The Bertz CT molecular complexity index is 1040. The SMILES string of the molecule is CC[C@H]1C(=O)N(S(=O)(=O)c2ccc([N+](=O)[O-])cc2)[C@@H]1C(=O)OCc1ccccc1. The van der Waals surface area contributed by atoms with E-state index in [1.54, 1.807) is 31.2 Å². The lowest BCUT2D eigenvalue weighted by Crippen LogP contribution is -2.66. The van der Waals surface area contributed by atoms with Crippen LogP contribution in [0.15, 0.2) is 59.5 Å². The molecule has 3 rings (SSSR count). The Labute approximate surface area is 167 Å². The van der Waals surface area contributed by atoms with Crippen LogP contribution in [0.4, 0.5) is 5.69 Å². The number of benzene rings is 2. The zero-order valence-corrected chi connectivity index (χ0v) is 16.2. The van der Waals surface area contributed by atoms with Gasteiger partial charge in [0.15, 0.2) is 6.04 Å². The van der Waals surface area contributed by atoms with Crippen molar-refractivity contribution in [1.29, 1.82) is 0 Å². The van der Waals surface area contributed by atoms with Gasteiger partial charge in [0.05, 0.1) is 15.7 Å². The van der Waals surface area contributed by atoms with Gasteiger partial charge in [0.1, 0.15) is 6.61 Å². The van der Waals surface area contributed by atoms with Crippen molar-refractivity contribution in [3.63, 3.8) is 0 Å². The molecule has 1 fully saturated rings. The highest BCUT2D eigenvalue weighted by Gasteiger charge is 2.57. The van der Waals surface area contributed by atoms with Crippen LogP contribution in [-0.4, -0.2) is 35.6 Å². The molecule has 1 heterocycles. The van der Waals surface area contributed by atoms with Crippen LogP contribution in [0.2, 0.25) is 0 Å². The van der Waals surface area contributed by atoms with Gasteiger partial charge in [-0.25, -0.2) is 17.5 Å². The summed E-state index contributed by atoms with van der Waals surface area (Å²) in [6, 6.07) is 11.7. The molecule has 1 aliphatic heterocycles. The summed E-state index contributed by atoms with van der Waals surface area (Å²) in [6.45, 7) is 1.63. The molecular formula is C19H18N2O7S. The van der Waals surface area contributed by atoms with Crippen LogP contribution in [0.25, 0.3) is 0 Å². The van der Waals surface area contributed by atoms with E-state index in [0.717, 1.165) is 29.8 Å². The van der Waals surface area contributed by atoms with Gasteiger partial charge in [-0.15, -0.1) is 0 Å². The van der Waals surface area contributed by atoms with Crippen LogP contribution < -0.4 is 0 Å². The number of carbonyl (C=O) groups is 2. The molecule has 152 valence electrons. The standard InChI is InChI=1S/C19H18N2O7S/c1-2-16-17(19(23)28-12-13-6-4-3-5-7-13)20(18(16)22)29(26,27)15-10-8-14(9-11-15)21(24)25/h3-11,16-17H,2,12H2,1H3/t16-,17+/m1/s1. The number of hydrogen-bond acceptors (Lipinski definition) is 7. The van der Waals surface area contributed by atoms with E-state index in [9.17, 15) is 28.1 Å². The normalized spacial score (nSPS) is 18.8. The zero-order chi connectivity index (χ0) is 21.2. The molecule has 0 aliphatic carbocycles. The molecule has 0 N–H and O–H groups in total. The Morgan fingerprint density at radius 2 is 1.76 bits per heavy atom. The summed E-state index contributed by atoms with van der Waals surface area (Å²) in [5.41, 5.74) is 0.438. The van der Waals surface area contributed by atoms with Gasteiger partial charge < -0.3 is 4.74 Å². The summed E-state index contributed by atoms with van der Waals surface area (Å²) < 4.78 is 31.5. The first-order valence-corrected chi connectivity index (χ1v) is 10.2. The molecule has 10 heteroatoms. The summed E-state index contributed by atoms with van der Waals surface area (Å²) in [5.74, 6) is -2.32. The number of nitro benzene ring substituents is 1. The number of non-ortho nitro benzene ring substituents is 1. The van der Waals surface area contributed by atoms with Gasteiger partial charge in [-0.1, -0.05) is 37.3 Å². The van der Waals surface area contributed by atoms with Crippen LogP contribution in [0.3, 0.4) is 0 Å². The lowest BCUT2D eigenvalue weighted by molar-refractivity contribution is -0.384. The Hall–Kier alpha value is -3.27. The van der Waals surface area contributed by atoms with Crippen LogP contribution in [-0.2, 0) is 31.0 Å². The summed E-state index contributed by atoms with van der Waals surface area (Å²) in [7, 11) is -4.35. The first kappa shape index (κ1) is 20.5. The molecule has 1 saturated heterocycles. The number of amides is 1. The third kappa shape index (κ3) is 3.83. The second-order valence-corrected chi connectivity index (χ2v) is 8.26. The molecule has 0 aromatic heterocycles. The van der Waals surface area contributed by atoms with Crippen molar-refractivity contribution in [3.05, 3.63) is 70.3 Å². The number of nitro groups is 1. The third-order valence-corrected chi connectivity index (χ3v) is 6.47. The maximum atomic E-state index is 12.9. The number of ether oxygens (including phenoxy) is 1. The maximum absolute atomic E-state index is 12.9. The largest absolute Gasteiger partial charge is 0.459 e. The number of hydrogen-bond donors (Lipinski definition) is 0. The van der Waals surface area contributed by atoms with Crippen LogP contribution in [0.5, 0.6) is 0 Å². The van der Waals surface area contributed by atoms with E-state index >= 15 is 0 Å². The van der Waals surface area contributed by atoms with Crippen molar-refractivity contribution in [2.75, 3.05) is 0 Å². The van der Waals surface area contributed by atoms with Crippen molar-refractivity contribution in [2.45, 2.75) is 30.9 Å². The minimum absolute atomic E-state index is 0.0494. The molecule has 2 atom stereocenters. The van der Waals surface area contributed by atoms with E-state index < -0.39 is 38.8 Å². The van der Waals surface area contributed by atoms with Gasteiger partial charge in [-0.2, -0.15) is 0 Å². The van der Waals surface area contributed by atoms with Gasteiger partial charge in [0.25, 0.3) is 15.7 Å². The smallest absolute Gasteiger partial charge is 0.331 e. The van der Waals surface area contributed by atoms with Gasteiger partial charge in [-0.05, 0) is 24.1 Å². The van der Waals surface area contributed by atoms with Crippen molar-refractivity contribution in [1.82, 2.24) is 4.31 Å². The molecule has 29 heavy (non-hydrogen) atoms. The minimum atomic E-state index is -4.35. The number of carbonyl (C=O) groups excluding carboxylic acids is 2. The number of esters is 1. The topological polar surface area (TPSA) is 124 Å². The van der Waals surface area contributed by atoms with Crippen LogP contribution in [0, 0.1) is 16.0 Å². The van der Waals surface area contributed by atoms with Gasteiger partial charge in [-0.3, -0.25) is 14.9 Å². The third-order valence-electron chi connectivity index (χ3n) is 4.68. The number of β-lactam (4-membered cyclic amide) rings is 1. The van der Waals surface area contributed by atoms with E-state index in [1.165, 1.54) is 0 Å². The Balaban J connectivity index is 1.83. The zero-order valence-electron chi connectivity index (χ0n) is 15.4. The first-order chi connectivity index (χ1) is 13.8. The van der Waals surface area contributed by atoms with Gasteiger partial charge in [0, 0.05) is 12.1 Å². The maximum Gasteiger partial charge on any atom is 0.331 e. The molecule has 0 unspecified atom stereocenters. The summed E-state index contributed by atoms with van der Waals surface area (Å²) in [5, 5.41) is 10.8. The van der Waals surface area contributed by atoms with Crippen molar-refractivity contribution < 1.29 is 27.7 Å². The Morgan fingerprint density at radius 3 is 2.31 bits per heavy atom. The number of nitrogens with zero attached hydrogens (tertiary/aromatic N) is 2. The predicted octanol–water partition coefficient (Wildman–Crippen LogP) is 2.26. The minimum Gasteiger partial charge on any atom is -0.459 e. The molecule has 2 aromatic carbocycles. The highest BCUT2D eigenvalue weighted by Crippen LogP contribution is 2.36. The van der Waals surface area contributed by atoms with Crippen molar-refractivity contribution in [3.8, 4) is 0 Å². The molecule has 1 amide bonds. The second kappa shape index (κ2) is 8.00.